The molecule has 0 aromatic rings. The Morgan fingerprint density at radius 2 is 2.44 bits per heavy atom. The maximum Gasteiger partial charge on any atom is 0.241 e. The molecule has 0 aliphatic carbocycles. The van der Waals surface area contributed by atoms with Crippen molar-refractivity contribution in [2.24, 2.45) is 0 Å². The topological polar surface area (TPSA) is 61.4 Å². The number of piperazine rings is 1. The summed E-state index contributed by atoms with van der Waals surface area (Å²) < 4.78 is 0. The van der Waals surface area contributed by atoms with Gasteiger partial charge in [0.25, 0.3) is 0 Å². The molecule has 5 heteroatoms. The number of rotatable bonds is 5. The van der Waals surface area contributed by atoms with Crippen molar-refractivity contribution < 1.29 is 9.59 Å². The van der Waals surface area contributed by atoms with E-state index in [0.717, 1.165) is 19.4 Å². The number of carbonyl (C=O) groups excluding carboxylic acids is 2. The average molecular weight is 225 g/mol. The molecule has 1 aliphatic rings. The van der Waals surface area contributed by atoms with Crippen molar-refractivity contribution in [3.63, 3.8) is 0 Å². The number of carbonyl (C=O) groups is 2. The highest BCUT2D eigenvalue weighted by Gasteiger charge is 2.25. The summed E-state index contributed by atoms with van der Waals surface area (Å²) >= 11 is 0. The molecule has 1 rings (SSSR count). The maximum absolute atomic E-state index is 11.9. The Kier molecular flexibility index (Phi) is 4.98. The van der Waals surface area contributed by atoms with Crippen LogP contribution in [0.4, 0.5) is 0 Å². The van der Waals surface area contributed by atoms with E-state index in [0.29, 0.717) is 6.54 Å². The Morgan fingerprint density at radius 1 is 1.69 bits per heavy atom. The number of likely N-dealkylation sites (N-methyl/N-ethyl adjacent to an activating group) is 1. The van der Waals surface area contributed by atoms with Crippen LogP contribution in [0.3, 0.4) is 0 Å². The van der Waals surface area contributed by atoms with Crippen LogP contribution >= 0.6 is 0 Å². The van der Waals surface area contributed by atoms with Crippen molar-refractivity contribution in [2.45, 2.75) is 18.9 Å². The van der Waals surface area contributed by atoms with E-state index in [4.69, 9.17) is 0 Å². The zero-order chi connectivity index (χ0) is 12.0. The summed E-state index contributed by atoms with van der Waals surface area (Å²) in [7, 11) is 1.78. The first-order valence-corrected chi connectivity index (χ1v) is 5.51. The number of amides is 2. The molecule has 2 N–H and O–H groups in total. The molecule has 0 bridgehead atoms. The second-order valence-electron chi connectivity index (χ2n) is 3.93. The van der Waals surface area contributed by atoms with Gasteiger partial charge in [-0.3, -0.25) is 14.9 Å². The smallest absolute Gasteiger partial charge is 0.241 e. The van der Waals surface area contributed by atoms with Gasteiger partial charge in [-0.05, 0) is 12.8 Å². The van der Waals surface area contributed by atoms with Gasteiger partial charge in [0.1, 0.15) is 6.04 Å². The Labute approximate surface area is 95.9 Å². The minimum Gasteiger partial charge on any atom is -0.353 e. The molecule has 1 fully saturated rings. The van der Waals surface area contributed by atoms with Gasteiger partial charge in [-0.1, -0.05) is 6.08 Å². The monoisotopic (exact) mass is 225 g/mol. The van der Waals surface area contributed by atoms with E-state index >= 15 is 0 Å². The third-order valence-corrected chi connectivity index (χ3v) is 2.59. The number of hydrogen-bond donors (Lipinski definition) is 2. The minimum atomic E-state index is -0.286. The van der Waals surface area contributed by atoms with Gasteiger partial charge in [0.2, 0.25) is 11.8 Å². The largest absolute Gasteiger partial charge is 0.353 e. The summed E-state index contributed by atoms with van der Waals surface area (Å²) in [6, 6.07) is -0.286. The fraction of sp³-hybridized carbons (Fsp3) is 0.636. The first kappa shape index (κ1) is 12.7. The van der Waals surface area contributed by atoms with E-state index in [1.807, 2.05) is 6.08 Å². The molecule has 1 saturated heterocycles. The zero-order valence-corrected chi connectivity index (χ0v) is 9.66. The average Bonchev–Trinajstić information content (AvgIpc) is 2.29. The summed E-state index contributed by atoms with van der Waals surface area (Å²) in [5.74, 6) is -0.0255. The highest BCUT2D eigenvalue weighted by atomic mass is 16.2. The van der Waals surface area contributed by atoms with Crippen LogP contribution in [0.1, 0.15) is 12.8 Å². The maximum atomic E-state index is 11.9. The quantitative estimate of drug-likeness (QED) is 0.490. The van der Waals surface area contributed by atoms with Crippen LogP contribution in [-0.4, -0.2) is 49.4 Å². The van der Waals surface area contributed by atoms with Crippen molar-refractivity contribution >= 4 is 11.8 Å². The van der Waals surface area contributed by atoms with Crippen molar-refractivity contribution in [1.29, 1.82) is 0 Å². The highest BCUT2D eigenvalue weighted by Crippen LogP contribution is 1.98. The lowest BCUT2D eigenvalue weighted by molar-refractivity contribution is -0.133. The Hall–Kier alpha value is -1.36. The van der Waals surface area contributed by atoms with Gasteiger partial charge >= 0.3 is 0 Å². The molecule has 5 nitrogen and oxygen atoms in total. The second kappa shape index (κ2) is 6.27. The number of hydrogen-bond acceptors (Lipinski definition) is 3. The van der Waals surface area contributed by atoms with Crippen LogP contribution in [0.5, 0.6) is 0 Å². The molecular weight excluding hydrogens is 206 g/mol. The first-order chi connectivity index (χ1) is 7.65. The van der Waals surface area contributed by atoms with Crippen LogP contribution in [0.15, 0.2) is 12.7 Å². The molecule has 2 amide bonds. The van der Waals surface area contributed by atoms with E-state index in [9.17, 15) is 9.59 Å². The van der Waals surface area contributed by atoms with E-state index < -0.39 is 0 Å². The molecule has 0 saturated carbocycles. The lowest BCUT2D eigenvalue weighted by atomic mass is 10.2. The lowest BCUT2D eigenvalue weighted by Crippen LogP contribution is -2.58. The fourth-order valence-electron chi connectivity index (χ4n) is 1.59. The minimum absolute atomic E-state index is 0.0315. The predicted molar refractivity (Wildman–Crippen MR) is 61.9 cm³/mol. The van der Waals surface area contributed by atoms with Gasteiger partial charge in [-0.15, -0.1) is 6.58 Å². The van der Waals surface area contributed by atoms with Gasteiger partial charge in [0.05, 0.1) is 6.54 Å². The molecule has 1 unspecified atom stereocenters. The molecule has 1 aliphatic heterocycles. The molecule has 16 heavy (non-hydrogen) atoms. The summed E-state index contributed by atoms with van der Waals surface area (Å²) in [6.45, 7) is 4.95. The van der Waals surface area contributed by atoms with E-state index in [1.165, 1.54) is 0 Å². The molecule has 90 valence electrons. The second-order valence-corrected chi connectivity index (χ2v) is 3.93. The predicted octanol–water partition coefficient (Wildman–Crippen LogP) is -0.501. The summed E-state index contributed by atoms with van der Waals surface area (Å²) in [4.78, 5) is 24.5. The summed E-state index contributed by atoms with van der Waals surface area (Å²) in [5.41, 5.74) is 0. The van der Waals surface area contributed by atoms with Crippen LogP contribution in [0, 0.1) is 0 Å². The van der Waals surface area contributed by atoms with Gasteiger partial charge in [-0.2, -0.15) is 0 Å². The van der Waals surface area contributed by atoms with E-state index in [2.05, 4.69) is 17.2 Å². The molecule has 0 aromatic carbocycles. The summed E-state index contributed by atoms with van der Waals surface area (Å²) in [6.07, 6.45) is 3.68. The third-order valence-electron chi connectivity index (χ3n) is 2.59. The van der Waals surface area contributed by atoms with Gasteiger partial charge in [0.15, 0.2) is 0 Å². The zero-order valence-electron chi connectivity index (χ0n) is 9.66. The molecule has 1 heterocycles. The van der Waals surface area contributed by atoms with Crippen LogP contribution < -0.4 is 10.6 Å². The normalized spacial score (nSPS) is 20.1. The van der Waals surface area contributed by atoms with Gasteiger partial charge < -0.3 is 10.2 Å². The van der Waals surface area contributed by atoms with Gasteiger partial charge in [0, 0.05) is 20.1 Å². The first-order valence-electron chi connectivity index (χ1n) is 5.51. The number of unbranched alkanes of at least 4 members (excludes halogenated alkanes) is 1. The highest BCUT2D eigenvalue weighted by molar-refractivity contribution is 5.86. The SMILES string of the molecule is C=CCCCN(C)C(=O)C1CNC(=O)CN1. The Bertz CT molecular complexity index is 268. The Morgan fingerprint density at radius 3 is 3.00 bits per heavy atom. The van der Waals surface area contributed by atoms with Crippen molar-refractivity contribution in [3.05, 3.63) is 12.7 Å². The third kappa shape index (κ3) is 3.66. The molecule has 1 atom stereocenters. The van der Waals surface area contributed by atoms with E-state index in [1.54, 1.807) is 11.9 Å². The number of allylic oxidation sites excluding steroid dienone is 1. The van der Waals surface area contributed by atoms with Crippen molar-refractivity contribution in [2.75, 3.05) is 26.7 Å². The molecular formula is C11H19N3O2. The molecule has 0 aromatic heterocycles. The molecule has 0 radical (unpaired) electrons. The standard InChI is InChI=1S/C11H19N3O2/c1-3-4-5-6-14(2)11(16)9-7-13-10(15)8-12-9/h3,9,12H,1,4-8H2,2H3,(H,13,15). The van der Waals surface area contributed by atoms with Crippen LogP contribution in [0.25, 0.3) is 0 Å². The number of nitrogens with zero attached hydrogens (tertiary/aromatic N) is 1. The lowest BCUT2D eigenvalue weighted by Gasteiger charge is -2.27. The number of nitrogens with one attached hydrogen (secondary N) is 2. The van der Waals surface area contributed by atoms with Gasteiger partial charge in [-0.25, -0.2) is 0 Å². The molecule has 0 spiro atoms. The van der Waals surface area contributed by atoms with E-state index in [-0.39, 0.29) is 24.4 Å². The van der Waals surface area contributed by atoms with Crippen LogP contribution in [-0.2, 0) is 9.59 Å². The van der Waals surface area contributed by atoms with Crippen molar-refractivity contribution in [1.82, 2.24) is 15.5 Å². The van der Waals surface area contributed by atoms with Crippen LogP contribution in [0.2, 0.25) is 0 Å². The fourth-order valence-corrected chi connectivity index (χ4v) is 1.59. The van der Waals surface area contributed by atoms with Crippen molar-refractivity contribution in [3.8, 4) is 0 Å². The Balaban J connectivity index is 2.32. The summed E-state index contributed by atoms with van der Waals surface area (Å²) in [5, 5.41) is 5.59.